The van der Waals surface area contributed by atoms with Crippen LogP contribution in [-0.2, 0) is 9.59 Å². The molecule has 16 heavy (non-hydrogen) atoms. The molecule has 0 radical (unpaired) electrons. The zero-order chi connectivity index (χ0) is 12.8. The molecule has 86 valence electrons. The van der Waals surface area contributed by atoms with Crippen molar-refractivity contribution in [2.24, 2.45) is 4.99 Å². The van der Waals surface area contributed by atoms with Crippen molar-refractivity contribution in [1.82, 2.24) is 5.32 Å². The smallest absolute Gasteiger partial charge is 0.247 e. The molecule has 1 amide bonds. The highest BCUT2D eigenvalue weighted by Crippen LogP contribution is 2.06. The fraction of sp³-hybridized carbons (Fsp3) is 0.400. The topological polar surface area (TPSA) is 82.3 Å². The number of halogens is 1. The molecule has 0 heterocycles. The number of aliphatic imine (C=N–C) groups is 1. The van der Waals surface area contributed by atoms with Crippen LogP contribution in [0.5, 0.6) is 0 Å². The van der Waals surface area contributed by atoms with Crippen molar-refractivity contribution in [3.05, 3.63) is 11.6 Å². The third-order valence-corrected chi connectivity index (χ3v) is 1.59. The minimum atomic E-state index is -1.43. The lowest BCUT2D eigenvalue weighted by Gasteiger charge is -2.17. The van der Waals surface area contributed by atoms with E-state index in [1.165, 1.54) is 20.8 Å². The van der Waals surface area contributed by atoms with Crippen molar-refractivity contribution in [2.45, 2.75) is 26.4 Å². The van der Waals surface area contributed by atoms with Crippen molar-refractivity contribution in [2.75, 3.05) is 0 Å². The first-order valence-electron chi connectivity index (χ1n) is 4.42. The molecule has 0 fully saturated rings. The number of nitrogens with zero attached hydrogens (tertiary/aromatic N) is 2. The summed E-state index contributed by atoms with van der Waals surface area (Å²) in [6, 6.07) is 1.81. The molecular weight excluding hydrogens is 230 g/mol. The summed E-state index contributed by atoms with van der Waals surface area (Å²) in [5, 5.41) is 11.3. The van der Waals surface area contributed by atoms with E-state index in [0.717, 1.165) is 6.08 Å². The number of carbonyl (C=O) groups is 2. The Labute approximate surface area is 98.8 Å². The lowest BCUT2D eigenvalue weighted by molar-refractivity contribution is -0.118. The SMILES string of the molecule is CC(Cl)=NC(C)(C#N)NC(=O)/C=C(\C)C=O. The Morgan fingerprint density at radius 1 is 1.56 bits per heavy atom. The largest absolute Gasteiger partial charge is 0.317 e. The number of allylic oxidation sites excluding steroid dienone is 1. The van der Waals surface area contributed by atoms with Gasteiger partial charge in [0.2, 0.25) is 11.6 Å². The van der Waals surface area contributed by atoms with Gasteiger partial charge in [-0.2, -0.15) is 5.26 Å². The van der Waals surface area contributed by atoms with Crippen LogP contribution in [0, 0.1) is 11.3 Å². The Balaban J connectivity index is 4.83. The molecule has 0 aliphatic heterocycles. The molecular formula is C10H12ClN3O2. The Morgan fingerprint density at radius 2 is 2.12 bits per heavy atom. The van der Waals surface area contributed by atoms with Gasteiger partial charge in [-0.15, -0.1) is 0 Å². The molecule has 0 aliphatic rings. The number of carbonyl (C=O) groups excluding carboxylic acids is 2. The van der Waals surface area contributed by atoms with Crippen molar-refractivity contribution in [3.8, 4) is 6.07 Å². The summed E-state index contributed by atoms with van der Waals surface area (Å²) < 4.78 is 0. The predicted octanol–water partition coefficient (Wildman–Crippen LogP) is 1.14. The van der Waals surface area contributed by atoms with Crippen molar-refractivity contribution in [1.29, 1.82) is 5.26 Å². The predicted molar refractivity (Wildman–Crippen MR) is 60.9 cm³/mol. The van der Waals surface area contributed by atoms with Gasteiger partial charge in [-0.05, 0) is 26.3 Å². The highest BCUT2D eigenvalue weighted by atomic mass is 35.5. The minimum Gasteiger partial charge on any atom is -0.317 e. The molecule has 5 nitrogen and oxygen atoms in total. The van der Waals surface area contributed by atoms with E-state index in [4.69, 9.17) is 16.9 Å². The van der Waals surface area contributed by atoms with E-state index in [-0.39, 0.29) is 10.7 Å². The third-order valence-electron chi connectivity index (χ3n) is 1.51. The summed E-state index contributed by atoms with van der Waals surface area (Å²) in [4.78, 5) is 25.4. The van der Waals surface area contributed by atoms with Gasteiger partial charge in [-0.3, -0.25) is 9.59 Å². The van der Waals surface area contributed by atoms with Gasteiger partial charge in [0.1, 0.15) is 17.5 Å². The molecule has 0 aromatic carbocycles. The fourth-order valence-corrected chi connectivity index (χ4v) is 1.07. The number of nitrogens with one attached hydrogen (secondary N) is 1. The molecule has 0 saturated heterocycles. The second kappa shape index (κ2) is 6.03. The van der Waals surface area contributed by atoms with Crippen LogP contribution in [0.15, 0.2) is 16.6 Å². The number of hydrogen-bond acceptors (Lipinski definition) is 4. The van der Waals surface area contributed by atoms with Gasteiger partial charge in [0.25, 0.3) is 0 Å². The molecule has 1 unspecified atom stereocenters. The maximum Gasteiger partial charge on any atom is 0.247 e. The van der Waals surface area contributed by atoms with Crippen LogP contribution < -0.4 is 5.32 Å². The molecule has 0 saturated carbocycles. The van der Waals surface area contributed by atoms with Gasteiger partial charge in [0.15, 0.2) is 0 Å². The second-order valence-electron chi connectivity index (χ2n) is 3.29. The summed E-state index contributed by atoms with van der Waals surface area (Å²) in [5.41, 5.74) is -1.17. The maximum atomic E-state index is 11.4. The average molecular weight is 242 g/mol. The van der Waals surface area contributed by atoms with Gasteiger partial charge in [-0.1, -0.05) is 11.6 Å². The quantitative estimate of drug-likeness (QED) is 0.455. The van der Waals surface area contributed by atoms with E-state index >= 15 is 0 Å². The average Bonchev–Trinajstić information content (AvgIpc) is 2.15. The van der Waals surface area contributed by atoms with E-state index in [0.29, 0.717) is 6.29 Å². The van der Waals surface area contributed by atoms with Gasteiger partial charge in [0, 0.05) is 6.08 Å². The van der Waals surface area contributed by atoms with Crippen LogP contribution in [-0.4, -0.2) is 23.0 Å². The van der Waals surface area contributed by atoms with Crippen LogP contribution in [0.1, 0.15) is 20.8 Å². The van der Waals surface area contributed by atoms with E-state index < -0.39 is 11.6 Å². The monoisotopic (exact) mass is 241 g/mol. The zero-order valence-corrected chi connectivity index (χ0v) is 10.00. The maximum absolute atomic E-state index is 11.4. The molecule has 0 rings (SSSR count). The van der Waals surface area contributed by atoms with Crippen LogP contribution in [0.3, 0.4) is 0 Å². The van der Waals surface area contributed by atoms with Gasteiger partial charge in [0.05, 0.1) is 0 Å². The van der Waals surface area contributed by atoms with Crippen molar-refractivity contribution in [3.63, 3.8) is 0 Å². The Morgan fingerprint density at radius 3 is 2.50 bits per heavy atom. The number of rotatable bonds is 4. The highest BCUT2D eigenvalue weighted by molar-refractivity contribution is 6.64. The summed E-state index contributed by atoms with van der Waals surface area (Å²) in [5.74, 6) is -0.574. The molecule has 0 spiro atoms. The summed E-state index contributed by atoms with van der Waals surface area (Å²) in [6.45, 7) is 4.38. The molecule has 0 aromatic heterocycles. The number of nitriles is 1. The summed E-state index contributed by atoms with van der Waals surface area (Å²) >= 11 is 5.53. The first-order valence-corrected chi connectivity index (χ1v) is 4.79. The zero-order valence-electron chi connectivity index (χ0n) is 9.24. The van der Waals surface area contributed by atoms with Crippen LogP contribution in [0.4, 0.5) is 0 Å². The number of amides is 1. The normalized spacial score (nSPS) is 15.9. The fourth-order valence-electron chi connectivity index (χ4n) is 0.906. The van der Waals surface area contributed by atoms with Crippen molar-refractivity contribution < 1.29 is 9.59 Å². The van der Waals surface area contributed by atoms with Gasteiger partial charge < -0.3 is 5.32 Å². The Bertz CT molecular complexity index is 391. The van der Waals surface area contributed by atoms with Crippen molar-refractivity contribution >= 4 is 29.0 Å². The van der Waals surface area contributed by atoms with E-state index in [1.807, 2.05) is 6.07 Å². The molecule has 0 aromatic rings. The Hall–Kier alpha value is -1.67. The summed E-state index contributed by atoms with van der Waals surface area (Å²) in [7, 11) is 0. The first kappa shape index (κ1) is 14.3. The van der Waals surface area contributed by atoms with E-state index in [1.54, 1.807) is 0 Å². The van der Waals surface area contributed by atoms with Gasteiger partial charge in [-0.25, -0.2) is 4.99 Å². The van der Waals surface area contributed by atoms with Gasteiger partial charge >= 0.3 is 0 Å². The highest BCUT2D eigenvalue weighted by Gasteiger charge is 2.24. The molecule has 0 bridgehead atoms. The molecule has 1 atom stereocenters. The van der Waals surface area contributed by atoms with E-state index in [2.05, 4.69) is 10.3 Å². The Kier molecular flexibility index (Phi) is 5.40. The van der Waals surface area contributed by atoms with Crippen LogP contribution >= 0.6 is 11.6 Å². The van der Waals surface area contributed by atoms with Crippen LogP contribution in [0.2, 0.25) is 0 Å². The standard InChI is InChI=1S/C10H12ClN3O2/c1-7(5-15)4-9(16)14-10(3,6-12)13-8(2)11/h4-5H,1-3H3,(H,14,16)/b7-4+,13-8?. The van der Waals surface area contributed by atoms with Crippen LogP contribution in [0.25, 0.3) is 0 Å². The lowest BCUT2D eigenvalue weighted by atomic mass is 10.2. The minimum absolute atomic E-state index is 0.153. The number of hydrogen-bond donors (Lipinski definition) is 1. The number of aldehydes is 1. The van der Waals surface area contributed by atoms with E-state index in [9.17, 15) is 9.59 Å². The third kappa shape index (κ3) is 5.27. The summed E-state index contributed by atoms with van der Waals surface area (Å²) in [6.07, 6.45) is 1.63. The second-order valence-corrected chi connectivity index (χ2v) is 3.84. The first-order chi connectivity index (χ1) is 7.33. The molecule has 0 aliphatic carbocycles. The lowest BCUT2D eigenvalue weighted by Crippen LogP contribution is -2.43. The molecule has 6 heteroatoms. The molecule has 1 N–H and O–H groups in total.